The van der Waals surface area contributed by atoms with E-state index in [4.69, 9.17) is 4.74 Å². The van der Waals surface area contributed by atoms with Crippen LogP contribution in [0.4, 0.5) is 5.69 Å². The second-order valence-electron chi connectivity index (χ2n) is 4.68. The maximum Gasteiger partial charge on any atom is 0.244 e. The first-order chi connectivity index (χ1) is 9.58. The summed E-state index contributed by atoms with van der Waals surface area (Å²) in [5, 5.41) is 3.25. The normalized spacial score (nSPS) is 19.3. The maximum atomic E-state index is 12.5. The third-order valence-electron chi connectivity index (χ3n) is 3.40. The van der Waals surface area contributed by atoms with Crippen LogP contribution in [-0.4, -0.2) is 32.1 Å². The Morgan fingerprint density at radius 1 is 1.40 bits per heavy atom. The number of amides is 1. The molecule has 1 saturated heterocycles. The highest BCUT2D eigenvalue weighted by Crippen LogP contribution is 2.37. The van der Waals surface area contributed by atoms with Gasteiger partial charge in [-0.3, -0.25) is 4.79 Å². The fourth-order valence-electron chi connectivity index (χ4n) is 2.43. The molecule has 110 valence electrons. The molecule has 0 saturated carbocycles. The average molecular weight is 406 g/mol. The predicted molar refractivity (Wildman–Crippen MR) is 87.4 cm³/mol. The minimum Gasteiger partial charge on any atom is -0.495 e. The number of hydrogen-bond donors (Lipinski definition) is 1. The molecule has 1 aromatic rings. The molecular formula is C14H18Br2N2O2. The first kappa shape index (κ1) is 15.8. The molecule has 0 aliphatic carbocycles. The Balaban J connectivity index is 2.32. The van der Waals surface area contributed by atoms with Gasteiger partial charge >= 0.3 is 0 Å². The molecule has 4 nitrogen and oxygen atoms in total. The molecule has 20 heavy (non-hydrogen) atoms. The third kappa shape index (κ3) is 3.18. The summed E-state index contributed by atoms with van der Waals surface area (Å²) >= 11 is 6.98. The van der Waals surface area contributed by atoms with E-state index >= 15 is 0 Å². The van der Waals surface area contributed by atoms with Gasteiger partial charge < -0.3 is 15.0 Å². The summed E-state index contributed by atoms with van der Waals surface area (Å²) in [7, 11) is 1.62. The van der Waals surface area contributed by atoms with Crippen LogP contribution in [0.25, 0.3) is 0 Å². The van der Waals surface area contributed by atoms with Gasteiger partial charge in [0.05, 0.1) is 23.3 Å². The van der Waals surface area contributed by atoms with Crippen molar-refractivity contribution >= 4 is 43.5 Å². The Hall–Kier alpha value is -0.590. The Morgan fingerprint density at radius 3 is 2.80 bits per heavy atom. The number of methoxy groups -OCH3 is 1. The van der Waals surface area contributed by atoms with Gasteiger partial charge in [-0.05, 0) is 57.3 Å². The summed E-state index contributed by atoms with van der Waals surface area (Å²) in [6, 6.07) is 3.72. The lowest BCUT2D eigenvalue weighted by Crippen LogP contribution is -2.50. The Bertz CT molecular complexity index is 506. The second kappa shape index (κ2) is 6.91. The Labute approximate surface area is 136 Å². The van der Waals surface area contributed by atoms with E-state index < -0.39 is 0 Å². The summed E-state index contributed by atoms with van der Waals surface area (Å²) in [5.74, 6) is 0.852. The van der Waals surface area contributed by atoms with E-state index in [1.807, 2.05) is 24.0 Å². The van der Waals surface area contributed by atoms with Gasteiger partial charge in [0.2, 0.25) is 5.91 Å². The molecule has 1 aliphatic rings. The van der Waals surface area contributed by atoms with E-state index in [-0.39, 0.29) is 11.9 Å². The minimum atomic E-state index is -0.0877. The fraction of sp³-hybridized carbons (Fsp3) is 0.500. The number of anilines is 1. The van der Waals surface area contributed by atoms with Gasteiger partial charge in [-0.15, -0.1) is 0 Å². The van der Waals surface area contributed by atoms with Crippen molar-refractivity contribution in [3.05, 3.63) is 21.1 Å². The quantitative estimate of drug-likeness (QED) is 0.835. The monoisotopic (exact) mass is 404 g/mol. The first-order valence-corrected chi connectivity index (χ1v) is 8.24. The number of ether oxygens (including phenoxy) is 1. The summed E-state index contributed by atoms with van der Waals surface area (Å²) in [6.45, 7) is 3.56. The van der Waals surface area contributed by atoms with Crippen LogP contribution in [0.3, 0.4) is 0 Å². The number of carbonyl (C=O) groups excluding carboxylic acids is 1. The standard InChI is InChI=1S/C14H18Br2N2O2/c1-3-17-11-5-4-6-18(14(11)19)12-8-13(20-2)10(16)7-9(12)15/h7-8,11,17H,3-6H2,1-2H3. The van der Waals surface area contributed by atoms with Gasteiger partial charge in [-0.2, -0.15) is 0 Å². The van der Waals surface area contributed by atoms with Crippen LogP contribution in [-0.2, 0) is 4.79 Å². The van der Waals surface area contributed by atoms with Crippen LogP contribution < -0.4 is 15.0 Å². The highest BCUT2D eigenvalue weighted by molar-refractivity contribution is 9.11. The van der Waals surface area contributed by atoms with Crippen molar-refractivity contribution in [1.82, 2.24) is 5.32 Å². The van der Waals surface area contributed by atoms with Gasteiger partial charge in [0.25, 0.3) is 0 Å². The summed E-state index contributed by atoms with van der Waals surface area (Å²) < 4.78 is 7.07. The van der Waals surface area contributed by atoms with E-state index in [1.165, 1.54) is 0 Å². The van der Waals surface area contributed by atoms with Gasteiger partial charge in [0.15, 0.2) is 0 Å². The molecule has 1 amide bonds. The Kier molecular flexibility index (Phi) is 5.46. The number of carbonyl (C=O) groups is 1. The van der Waals surface area contributed by atoms with Gasteiger partial charge in [0, 0.05) is 17.1 Å². The number of nitrogens with zero attached hydrogens (tertiary/aromatic N) is 1. The SMILES string of the molecule is CCNC1CCCN(c2cc(OC)c(Br)cc2Br)C1=O. The highest BCUT2D eigenvalue weighted by atomic mass is 79.9. The van der Waals surface area contributed by atoms with E-state index in [0.29, 0.717) is 0 Å². The number of nitrogens with one attached hydrogen (secondary N) is 1. The van der Waals surface area contributed by atoms with Gasteiger partial charge in [0.1, 0.15) is 5.75 Å². The van der Waals surface area contributed by atoms with Gasteiger partial charge in [-0.25, -0.2) is 0 Å². The van der Waals surface area contributed by atoms with Crippen molar-refractivity contribution in [3.8, 4) is 5.75 Å². The number of halogens is 2. The zero-order valence-corrected chi connectivity index (χ0v) is 14.8. The smallest absolute Gasteiger partial charge is 0.244 e. The van der Waals surface area contributed by atoms with Crippen molar-refractivity contribution in [1.29, 1.82) is 0 Å². The average Bonchev–Trinajstić information content (AvgIpc) is 2.42. The fourth-order valence-corrected chi connectivity index (χ4v) is 3.80. The first-order valence-electron chi connectivity index (χ1n) is 6.66. The lowest BCUT2D eigenvalue weighted by molar-refractivity contribution is -0.121. The van der Waals surface area contributed by atoms with Crippen molar-refractivity contribution in [2.24, 2.45) is 0 Å². The molecule has 1 atom stereocenters. The Morgan fingerprint density at radius 2 is 2.15 bits per heavy atom. The predicted octanol–water partition coefficient (Wildman–Crippen LogP) is 3.33. The number of benzene rings is 1. The largest absolute Gasteiger partial charge is 0.495 e. The minimum absolute atomic E-state index is 0.0877. The summed E-state index contributed by atoms with van der Waals surface area (Å²) in [6.07, 6.45) is 1.89. The van der Waals surface area contributed by atoms with E-state index in [2.05, 4.69) is 37.2 Å². The third-order valence-corrected chi connectivity index (χ3v) is 4.66. The van der Waals surface area contributed by atoms with Crippen LogP contribution in [0, 0.1) is 0 Å². The maximum absolute atomic E-state index is 12.5. The molecule has 6 heteroatoms. The van der Waals surface area contributed by atoms with Crippen molar-refractivity contribution < 1.29 is 9.53 Å². The zero-order chi connectivity index (χ0) is 14.7. The number of piperidine rings is 1. The van der Waals surface area contributed by atoms with Crippen LogP contribution in [0.5, 0.6) is 5.75 Å². The van der Waals surface area contributed by atoms with E-state index in [0.717, 1.165) is 46.3 Å². The van der Waals surface area contributed by atoms with E-state index in [9.17, 15) is 4.79 Å². The molecule has 1 unspecified atom stereocenters. The molecule has 0 radical (unpaired) electrons. The van der Waals surface area contributed by atoms with Crippen LogP contribution in [0.2, 0.25) is 0 Å². The van der Waals surface area contributed by atoms with Crippen molar-refractivity contribution in [3.63, 3.8) is 0 Å². The summed E-state index contributed by atoms with van der Waals surface area (Å²) in [4.78, 5) is 14.4. The lowest BCUT2D eigenvalue weighted by atomic mass is 10.0. The van der Waals surface area contributed by atoms with Crippen LogP contribution in [0.15, 0.2) is 21.1 Å². The van der Waals surface area contributed by atoms with Crippen molar-refractivity contribution in [2.75, 3.05) is 25.1 Å². The summed E-state index contributed by atoms with van der Waals surface area (Å²) in [5.41, 5.74) is 0.859. The molecule has 1 aromatic carbocycles. The molecular weight excluding hydrogens is 388 g/mol. The molecule has 0 bridgehead atoms. The molecule has 0 spiro atoms. The topological polar surface area (TPSA) is 41.6 Å². The molecule has 1 aliphatic heterocycles. The van der Waals surface area contributed by atoms with Gasteiger partial charge in [-0.1, -0.05) is 6.92 Å². The molecule has 1 N–H and O–H groups in total. The molecule has 1 heterocycles. The highest BCUT2D eigenvalue weighted by Gasteiger charge is 2.30. The zero-order valence-electron chi connectivity index (χ0n) is 11.6. The van der Waals surface area contributed by atoms with E-state index in [1.54, 1.807) is 7.11 Å². The van der Waals surface area contributed by atoms with Crippen LogP contribution in [0.1, 0.15) is 19.8 Å². The lowest BCUT2D eigenvalue weighted by Gasteiger charge is -2.33. The number of hydrogen-bond acceptors (Lipinski definition) is 3. The molecule has 0 aromatic heterocycles. The number of likely N-dealkylation sites (N-methyl/N-ethyl adjacent to an activating group) is 1. The van der Waals surface area contributed by atoms with Crippen molar-refractivity contribution in [2.45, 2.75) is 25.8 Å². The van der Waals surface area contributed by atoms with Crippen LogP contribution >= 0.6 is 31.9 Å². The molecule has 2 rings (SSSR count). The number of rotatable bonds is 4. The molecule has 1 fully saturated rings. The second-order valence-corrected chi connectivity index (χ2v) is 6.39.